The monoisotopic (exact) mass is 247 g/mol. The van der Waals surface area contributed by atoms with E-state index in [1.54, 1.807) is 4.68 Å². The van der Waals surface area contributed by atoms with Crippen LogP contribution in [0.25, 0.3) is 0 Å². The van der Waals surface area contributed by atoms with Gasteiger partial charge in [-0.15, -0.1) is 0 Å². The summed E-state index contributed by atoms with van der Waals surface area (Å²) < 4.78 is 30.3. The molecule has 1 N–H and O–H groups in total. The van der Waals surface area contributed by atoms with Gasteiger partial charge in [0.05, 0.1) is 6.20 Å². The summed E-state index contributed by atoms with van der Waals surface area (Å²) in [6.07, 6.45) is 2.90. The smallest absolute Gasteiger partial charge is 0.261 e. The minimum absolute atomic E-state index is 0.219. The van der Waals surface area contributed by atoms with Crippen molar-refractivity contribution >= 4 is 0 Å². The molecular formula is C11H19F2N3O. The van der Waals surface area contributed by atoms with Gasteiger partial charge in [0, 0.05) is 25.9 Å². The van der Waals surface area contributed by atoms with Gasteiger partial charge in [0.1, 0.15) is 6.61 Å². The van der Waals surface area contributed by atoms with Gasteiger partial charge in [-0.3, -0.25) is 4.68 Å². The summed E-state index contributed by atoms with van der Waals surface area (Å²) in [5.41, 5.74) is 1.13. The first-order valence-electron chi connectivity index (χ1n) is 5.62. The van der Waals surface area contributed by atoms with E-state index in [1.165, 1.54) is 0 Å². The molecule has 1 aromatic rings. The highest BCUT2D eigenvalue weighted by Crippen LogP contribution is 2.05. The Morgan fingerprint density at radius 1 is 1.53 bits per heavy atom. The van der Waals surface area contributed by atoms with Crippen molar-refractivity contribution < 1.29 is 13.5 Å². The van der Waals surface area contributed by atoms with E-state index in [0.717, 1.165) is 12.0 Å². The summed E-state index contributed by atoms with van der Waals surface area (Å²) in [6, 6.07) is 0.219. The van der Waals surface area contributed by atoms with Crippen LogP contribution in [0.3, 0.4) is 0 Å². The first-order valence-corrected chi connectivity index (χ1v) is 5.62. The number of rotatable bonds is 8. The predicted octanol–water partition coefficient (Wildman–Crippen LogP) is 1.22. The molecule has 0 fully saturated rings. The summed E-state index contributed by atoms with van der Waals surface area (Å²) in [5, 5.41) is 7.23. The van der Waals surface area contributed by atoms with E-state index in [4.69, 9.17) is 4.74 Å². The van der Waals surface area contributed by atoms with Crippen LogP contribution in [0.15, 0.2) is 12.4 Å². The molecule has 6 heteroatoms. The molecule has 0 saturated heterocycles. The molecule has 17 heavy (non-hydrogen) atoms. The van der Waals surface area contributed by atoms with E-state index in [1.807, 2.05) is 26.5 Å². The van der Waals surface area contributed by atoms with Crippen molar-refractivity contribution in [3.63, 3.8) is 0 Å². The van der Waals surface area contributed by atoms with Crippen molar-refractivity contribution in [3.8, 4) is 0 Å². The summed E-state index contributed by atoms with van der Waals surface area (Å²) in [7, 11) is 3.72. The summed E-state index contributed by atoms with van der Waals surface area (Å²) in [5.74, 6) is 0. The summed E-state index contributed by atoms with van der Waals surface area (Å²) >= 11 is 0. The molecule has 98 valence electrons. The number of aromatic nitrogens is 2. The van der Waals surface area contributed by atoms with Crippen LogP contribution in [0.4, 0.5) is 8.78 Å². The zero-order valence-electron chi connectivity index (χ0n) is 10.2. The molecule has 0 amide bonds. The molecule has 1 heterocycles. The van der Waals surface area contributed by atoms with E-state index < -0.39 is 13.0 Å². The second kappa shape index (κ2) is 7.34. The van der Waals surface area contributed by atoms with Crippen molar-refractivity contribution in [2.24, 2.45) is 7.05 Å². The number of ether oxygens (including phenoxy) is 1. The van der Waals surface area contributed by atoms with Crippen molar-refractivity contribution in [1.29, 1.82) is 0 Å². The van der Waals surface area contributed by atoms with Crippen LogP contribution in [-0.2, 0) is 18.2 Å². The lowest BCUT2D eigenvalue weighted by molar-refractivity contribution is 0.0146. The van der Waals surface area contributed by atoms with Crippen LogP contribution in [0.1, 0.15) is 12.0 Å². The molecule has 1 aromatic heterocycles. The van der Waals surface area contributed by atoms with Crippen LogP contribution in [0.5, 0.6) is 0 Å². The van der Waals surface area contributed by atoms with E-state index >= 15 is 0 Å². The standard InChI is InChI=1S/C11H19F2N3O/c1-14-10(3-4-17-8-11(12)13)5-9-6-15-16(2)7-9/h6-7,10-11,14H,3-5,8H2,1-2H3. The van der Waals surface area contributed by atoms with Crippen LogP contribution in [0.2, 0.25) is 0 Å². The molecular weight excluding hydrogens is 228 g/mol. The lowest BCUT2D eigenvalue weighted by Gasteiger charge is -2.15. The molecule has 0 radical (unpaired) electrons. The Hall–Kier alpha value is -1.01. The molecule has 1 rings (SSSR count). The zero-order valence-corrected chi connectivity index (χ0v) is 10.2. The van der Waals surface area contributed by atoms with Crippen molar-refractivity contribution in [2.75, 3.05) is 20.3 Å². The highest BCUT2D eigenvalue weighted by atomic mass is 19.3. The van der Waals surface area contributed by atoms with Crippen LogP contribution < -0.4 is 5.32 Å². The molecule has 0 aliphatic rings. The lowest BCUT2D eigenvalue weighted by Crippen LogP contribution is -2.29. The number of nitrogens with one attached hydrogen (secondary N) is 1. The topological polar surface area (TPSA) is 39.1 Å². The maximum atomic E-state index is 11.8. The van der Waals surface area contributed by atoms with Gasteiger partial charge in [0.15, 0.2) is 0 Å². The highest BCUT2D eigenvalue weighted by Gasteiger charge is 2.09. The number of likely N-dealkylation sites (N-methyl/N-ethyl adjacent to an activating group) is 1. The van der Waals surface area contributed by atoms with E-state index in [2.05, 4.69) is 10.4 Å². The second-order valence-electron chi connectivity index (χ2n) is 3.97. The lowest BCUT2D eigenvalue weighted by atomic mass is 10.1. The fraction of sp³-hybridized carbons (Fsp3) is 0.727. The third-order valence-electron chi connectivity index (χ3n) is 2.50. The molecule has 0 bridgehead atoms. The number of hydrogen-bond donors (Lipinski definition) is 1. The molecule has 1 atom stereocenters. The van der Waals surface area contributed by atoms with Crippen molar-refractivity contribution in [3.05, 3.63) is 18.0 Å². The van der Waals surface area contributed by atoms with Crippen LogP contribution >= 0.6 is 0 Å². The fourth-order valence-corrected chi connectivity index (χ4v) is 1.61. The molecule has 1 unspecified atom stereocenters. The number of hydrogen-bond acceptors (Lipinski definition) is 3. The van der Waals surface area contributed by atoms with E-state index in [9.17, 15) is 8.78 Å². The second-order valence-corrected chi connectivity index (χ2v) is 3.97. The van der Waals surface area contributed by atoms with E-state index in [0.29, 0.717) is 13.0 Å². The van der Waals surface area contributed by atoms with Crippen molar-refractivity contribution in [1.82, 2.24) is 15.1 Å². The number of aryl methyl sites for hydroxylation is 1. The Bertz CT molecular complexity index is 317. The van der Waals surface area contributed by atoms with Gasteiger partial charge < -0.3 is 10.1 Å². The molecule has 0 saturated carbocycles. The first-order chi connectivity index (χ1) is 8.11. The third kappa shape index (κ3) is 5.74. The van der Waals surface area contributed by atoms with Gasteiger partial charge in [-0.1, -0.05) is 0 Å². The van der Waals surface area contributed by atoms with E-state index in [-0.39, 0.29) is 6.04 Å². The summed E-state index contributed by atoms with van der Waals surface area (Å²) in [6.45, 7) is -0.139. The average Bonchev–Trinajstić information content (AvgIpc) is 2.68. The van der Waals surface area contributed by atoms with Gasteiger partial charge in [-0.2, -0.15) is 5.10 Å². The maximum absolute atomic E-state index is 11.8. The van der Waals surface area contributed by atoms with Crippen LogP contribution in [-0.4, -0.2) is 42.5 Å². The number of halogens is 2. The molecule has 0 aliphatic heterocycles. The highest BCUT2D eigenvalue weighted by molar-refractivity contribution is 5.05. The van der Waals surface area contributed by atoms with Crippen molar-refractivity contribution in [2.45, 2.75) is 25.3 Å². The zero-order chi connectivity index (χ0) is 12.7. The normalized spacial score (nSPS) is 13.2. The Morgan fingerprint density at radius 3 is 2.82 bits per heavy atom. The maximum Gasteiger partial charge on any atom is 0.261 e. The summed E-state index contributed by atoms with van der Waals surface area (Å²) in [4.78, 5) is 0. The number of nitrogens with zero attached hydrogens (tertiary/aromatic N) is 2. The van der Waals surface area contributed by atoms with Gasteiger partial charge in [0.2, 0.25) is 0 Å². The minimum Gasteiger partial charge on any atom is -0.375 e. The third-order valence-corrected chi connectivity index (χ3v) is 2.50. The Kier molecular flexibility index (Phi) is 6.07. The SMILES string of the molecule is CNC(CCOCC(F)F)Cc1cnn(C)c1. The Balaban J connectivity index is 2.24. The first kappa shape index (κ1) is 14.1. The molecule has 0 spiro atoms. The minimum atomic E-state index is -2.39. The predicted molar refractivity (Wildman–Crippen MR) is 61.2 cm³/mol. The van der Waals surface area contributed by atoms with Gasteiger partial charge in [-0.25, -0.2) is 8.78 Å². The largest absolute Gasteiger partial charge is 0.375 e. The molecule has 0 aliphatic carbocycles. The van der Waals surface area contributed by atoms with Crippen LogP contribution in [0, 0.1) is 0 Å². The Morgan fingerprint density at radius 2 is 2.29 bits per heavy atom. The Labute approximate surface area is 100.0 Å². The van der Waals surface area contributed by atoms with Gasteiger partial charge >= 0.3 is 0 Å². The quantitative estimate of drug-likeness (QED) is 0.702. The fourth-order valence-electron chi connectivity index (χ4n) is 1.61. The number of alkyl halides is 2. The molecule has 0 aromatic carbocycles. The average molecular weight is 247 g/mol. The van der Waals surface area contributed by atoms with Gasteiger partial charge in [-0.05, 0) is 25.5 Å². The molecule has 4 nitrogen and oxygen atoms in total. The van der Waals surface area contributed by atoms with Gasteiger partial charge in [0.25, 0.3) is 6.43 Å².